The average Bonchev–Trinajstić information content (AvgIpc) is 3.04. The molecule has 0 aromatic heterocycles. The average molecular weight is 605 g/mol. The van der Waals surface area contributed by atoms with E-state index in [0.29, 0.717) is 19.5 Å². The van der Waals surface area contributed by atoms with Gasteiger partial charge in [0.15, 0.2) is 6.29 Å². The minimum atomic E-state index is -0.910. The summed E-state index contributed by atoms with van der Waals surface area (Å²) in [4.78, 5) is 24.9. The number of aliphatic hydroxyl groups is 2. The quantitative estimate of drug-likeness (QED) is 0.205. The van der Waals surface area contributed by atoms with Crippen molar-refractivity contribution in [3.8, 4) is 0 Å². The van der Waals surface area contributed by atoms with Crippen LogP contribution in [0.2, 0.25) is 0 Å². The molecule has 6 unspecified atom stereocenters. The largest absolute Gasteiger partial charge is 0.481 e. The first kappa shape index (κ1) is 33.3. The molecule has 4 N–H and O–H groups in total. The van der Waals surface area contributed by atoms with Crippen LogP contribution in [0.5, 0.6) is 0 Å². The van der Waals surface area contributed by atoms with Crippen LogP contribution < -0.4 is 5.32 Å². The van der Waals surface area contributed by atoms with Crippen LogP contribution in [0.15, 0.2) is 78.9 Å². The highest BCUT2D eigenvalue weighted by atomic mass is 16.7. The lowest BCUT2D eigenvalue weighted by Gasteiger charge is -2.43. The summed E-state index contributed by atoms with van der Waals surface area (Å²) in [6.45, 7) is 5.00. The third-order valence-corrected chi connectivity index (χ3v) is 8.42. The molecule has 3 aromatic carbocycles. The lowest BCUT2D eigenvalue weighted by atomic mass is 9.89. The Hall–Kier alpha value is -3.60. The van der Waals surface area contributed by atoms with Gasteiger partial charge >= 0.3 is 5.97 Å². The standard InChI is InChI=1S/C35H44N2O7/c1-23-30(21-37(3)24(2)33(42)27-8-5-4-6-9-27)43-35(44-34(23)28-16-14-26(22-38)15-17-28)29-18-12-25(13-19-29)20-36-31(39)10-7-11-32(40)41/h4-6,8-9,12-19,23-24,30,33-35,38,42H,7,10-11,20-22H2,1-3H3,(H,36,39)(H,40,41). The summed E-state index contributed by atoms with van der Waals surface area (Å²) in [5.74, 6) is -1.10. The van der Waals surface area contributed by atoms with Crippen molar-refractivity contribution in [3.63, 3.8) is 0 Å². The number of nitrogens with zero attached hydrogens (tertiary/aromatic N) is 1. The highest BCUT2D eigenvalue weighted by molar-refractivity contribution is 5.76. The molecule has 1 heterocycles. The summed E-state index contributed by atoms with van der Waals surface area (Å²) in [5, 5.41) is 32.2. The number of amides is 1. The Morgan fingerprint density at radius 3 is 2.18 bits per heavy atom. The minimum Gasteiger partial charge on any atom is -0.481 e. The lowest BCUT2D eigenvalue weighted by Crippen LogP contribution is -2.46. The molecule has 1 aliphatic rings. The van der Waals surface area contributed by atoms with E-state index in [4.69, 9.17) is 14.6 Å². The maximum Gasteiger partial charge on any atom is 0.303 e. The molecule has 3 aromatic rings. The molecule has 6 atom stereocenters. The molecule has 236 valence electrons. The summed E-state index contributed by atoms with van der Waals surface area (Å²) in [7, 11) is 1.99. The van der Waals surface area contributed by atoms with Crippen molar-refractivity contribution in [2.24, 2.45) is 5.92 Å². The molecular formula is C35H44N2O7. The summed E-state index contributed by atoms with van der Waals surface area (Å²) < 4.78 is 13.2. The van der Waals surface area contributed by atoms with Crippen LogP contribution >= 0.6 is 0 Å². The SMILES string of the molecule is CC1C(CN(C)C(C)C(O)c2ccccc2)OC(c2ccc(CNC(=O)CCCC(=O)O)cc2)OC1c1ccc(CO)cc1. The van der Waals surface area contributed by atoms with Gasteiger partial charge in [-0.2, -0.15) is 0 Å². The lowest BCUT2D eigenvalue weighted by molar-refractivity contribution is -0.276. The third kappa shape index (κ3) is 8.97. The summed E-state index contributed by atoms with van der Waals surface area (Å²) >= 11 is 0. The fourth-order valence-corrected chi connectivity index (χ4v) is 5.43. The van der Waals surface area contributed by atoms with Gasteiger partial charge in [-0.25, -0.2) is 0 Å². The molecule has 0 aliphatic carbocycles. The van der Waals surface area contributed by atoms with Gasteiger partial charge < -0.3 is 30.1 Å². The fraction of sp³-hybridized carbons (Fsp3) is 0.429. The zero-order valence-corrected chi connectivity index (χ0v) is 25.6. The number of carbonyl (C=O) groups is 2. The van der Waals surface area contributed by atoms with Gasteiger partial charge in [-0.05, 0) is 42.6 Å². The van der Waals surface area contributed by atoms with Crippen LogP contribution in [0.4, 0.5) is 0 Å². The molecule has 0 radical (unpaired) electrons. The normalized spacial score (nSPS) is 21.5. The van der Waals surface area contributed by atoms with Crippen LogP contribution in [0.1, 0.15) is 79.4 Å². The highest BCUT2D eigenvalue weighted by Gasteiger charge is 2.39. The number of hydrogen-bond acceptors (Lipinski definition) is 7. The first-order chi connectivity index (χ1) is 21.2. The van der Waals surface area contributed by atoms with Gasteiger partial charge in [0.2, 0.25) is 5.91 Å². The van der Waals surface area contributed by atoms with Gasteiger partial charge in [0.1, 0.15) is 0 Å². The Morgan fingerprint density at radius 1 is 0.909 bits per heavy atom. The van der Waals surface area contributed by atoms with Crippen molar-refractivity contribution in [1.29, 1.82) is 0 Å². The Bertz CT molecular complexity index is 1330. The number of aliphatic hydroxyl groups excluding tert-OH is 2. The van der Waals surface area contributed by atoms with Crippen molar-refractivity contribution >= 4 is 11.9 Å². The van der Waals surface area contributed by atoms with Gasteiger partial charge in [-0.1, -0.05) is 85.8 Å². The van der Waals surface area contributed by atoms with Crippen molar-refractivity contribution < 1.29 is 34.4 Å². The number of aliphatic carboxylic acids is 1. The second-order valence-electron chi connectivity index (χ2n) is 11.6. The topological polar surface area (TPSA) is 129 Å². The molecule has 1 fully saturated rings. The second kappa shape index (κ2) is 15.9. The molecule has 0 bridgehead atoms. The summed E-state index contributed by atoms with van der Waals surface area (Å²) in [5.41, 5.74) is 4.44. The van der Waals surface area contributed by atoms with E-state index in [1.54, 1.807) is 0 Å². The van der Waals surface area contributed by atoms with E-state index in [9.17, 15) is 19.8 Å². The number of benzene rings is 3. The van der Waals surface area contributed by atoms with E-state index in [-0.39, 0.29) is 49.5 Å². The molecule has 44 heavy (non-hydrogen) atoms. The maximum absolute atomic E-state index is 12.1. The Balaban J connectivity index is 1.47. The van der Waals surface area contributed by atoms with Crippen LogP contribution in [-0.4, -0.2) is 57.8 Å². The van der Waals surface area contributed by atoms with Crippen LogP contribution in [0.25, 0.3) is 0 Å². The Kier molecular flexibility index (Phi) is 12.1. The predicted molar refractivity (Wildman–Crippen MR) is 166 cm³/mol. The van der Waals surface area contributed by atoms with Gasteiger partial charge in [-0.3, -0.25) is 14.5 Å². The number of nitrogens with one attached hydrogen (secondary N) is 1. The van der Waals surface area contributed by atoms with Crippen LogP contribution in [-0.2, 0) is 32.2 Å². The van der Waals surface area contributed by atoms with Crippen molar-refractivity contribution in [1.82, 2.24) is 10.2 Å². The number of carboxylic acid groups (broad SMARTS) is 1. The minimum absolute atomic E-state index is 0.00893. The third-order valence-electron chi connectivity index (χ3n) is 8.42. The van der Waals surface area contributed by atoms with Crippen molar-refractivity contribution in [2.45, 2.75) is 76.9 Å². The van der Waals surface area contributed by atoms with Gasteiger partial charge in [0, 0.05) is 43.5 Å². The first-order valence-electron chi connectivity index (χ1n) is 15.2. The van der Waals surface area contributed by atoms with Gasteiger partial charge in [0.05, 0.1) is 24.9 Å². The number of hydrogen-bond donors (Lipinski definition) is 4. The van der Waals surface area contributed by atoms with Crippen LogP contribution in [0.3, 0.4) is 0 Å². The number of carboxylic acids is 1. The fourth-order valence-electron chi connectivity index (χ4n) is 5.43. The molecule has 0 saturated carbocycles. The zero-order chi connectivity index (χ0) is 31.6. The predicted octanol–water partition coefficient (Wildman–Crippen LogP) is 4.90. The maximum atomic E-state index is 12.1. The highest BCUT2D eigenvalue weighted by Crippen LogP contribution is 2.42. The van der Waals surface area contributed by atoms with Crippen molar-refractivity contribution in [2.75, 3.05) is 13.6 Å². The van der Waals surface area contributed by atoms with E-state index in [1.807, 2.05) is 92.8 Å². The molecule has 9 heteroatoms. The number of rotatable bonds is 14. The summed E-state index contributed by atoms with van der Waals surface area (Å²) in [6.07, 6.45) is -1.32. The summed E-state index contributed by atoms with van der Waals surface area (Å²) in [6, 6.07) is 25.0. The number of ether oxygens (including phenoxy) is 2. The number of likely N-dealkylation sites (N-methyl/N-ethyl adjacent to an activating group) is 1. The Labute approximate surface area is 259 Å². The molecule has 0 spiro atoms. The molecular weight excluding hydrogens is 560 g/mol. The molecule has 1 amide bonds. The zero-order valence-electron chi connectivity index (χ0n) is 25.6. The van der Waals surface area contributed by atoms with Gasteiger partial charge in [0.25, 0.3) is 0 Å². The van der Waals surface area contributed by atoms with Gasteiger partial charge in [-0.15, -0.1) is 0 Å². The molecule has 1 saturated heterocycles. The second-order valence-corrected chi connectivity index (χ2v) is 11.6. The first-order valence-corrected chi connectivity index (χ1v) is 15.2. The number of carbonyl (C=O) groups excluding carboxylic acids is 1. The van der Waals surface area contributed by atoms with E-state index in [1.165, 1.54) is 0 Å². The molecule has 9 nitrogen and oxygen atoms in total. The van der Waals surface area contributed by atoms with E-state index < -0.39 is 18.4 Å². The smallest absolute Gasteiger partial charge is 0.303 e. The van der Waals surface area contributed by atoms with E-state index >= 15 is 0 Å². The monoisotopic (exact) mass is 604 g/mol. The van der Waals surface area contributed by atoms with E-state index in [2.05, 4.69) is 17.1 Å². The van der Waals surface area contributed by atoms with E-state index in [0.717, 1.165) is 27.8 Å². The molecule has 1 aliphatic heterocycles. The van der Waals surface area contributed by atoms with Crippen molar-refractivity contribution in [3.05, 3.63) is 107 Å². The molecule has 4 rings (SSSR count). The van der Waals surface area contributed by atoms with Crippen LogP contribution in [0, 0.1) is 5.92 Å². The Morgan fingerprint density at radius 2 is 1.55 bits per heavy atom.